The number of rotatable bonds is 16. The number of hydrogen-bond acceptors (Lipinski definition) is 7. The monoisotopic (exact) mass is 691 g/mol. The van der Waals surface area contributed by atoms with Crippen molar-refractivity contribution in [2.24, 2.45) is 0 Å². The van der Waals surface area contributed by atoms with Gasteiger partial charge in [0.1, 0.15) is 24.2 Å². The maximum atomic E-state index is 14.6. The third-order valence-electron chi connectivity index (χ3n) is 8.10. The predicted molar refractivity (Wildman–Crippen MR) is 186 cm³/mol. The molecule has 0 spiro atoms. The van der Waals surface area contributed by atoms with Gasteiger partial charge in [0.2, 0.25) is 11.8 Å². The number of nitrogens with one attached hydrogen (secondary N) is 1. The minimum atomic E-state index is -4.46. The number of nitrogens with zero attached hydrogens (tertiary/aromatic N) is 2. The average molecular weight is 692 g/mol. The van der Waals surface area contributed by atoms with Crippen LogP contribution in [0.5, 0.6) is 17.2 Å². The van der Waals surface area contributed by atoms with Crippen LogP contribution >= 0.6 is 0 Å². The number of anilines is 1. The number of halogens is 1. The fourth-order valence-corrected chi connectivity index (χ4v) is 6.63. The van der Waals surface area contributed by atoms with E-state index in [1.807, 2.05) is 44.2 Å². The van der Waals surface area contributed by atoms with Gasteiger partial charge < -0.3 is 24.4 Å². The highest BCUT2D eigenvalue weighted by atomic mass is 32.2. The second-order valence-corrected chi connectivity index (χ2v) is 13.3. The van der Waals surface area contributed by atoms with Crippen LogP contribution < -0.4 is 23.8 Å². The zero-order chi connectivity index (χ0) is 35.6. The summed E-state index contributed by atoms with van der Waals surface area (Å²) in [5.74, 6) is -0.591. The fraction of sp³-hybridized carbons (Fsp3) is 0.297. The molecule has 1 N–H and O–H groups in total. The summed E-state index contributed by atoms with van der Waals surface area (Å²) in [6, 6.07) is 24.0. The third kappa shape index (κ3) is 9.29. The Labute approximate surface area is 287 Å². The average Bonchev–Trinajstić information content (AvgIpc) is 3.12. The van der Waals surface area contributed by atoms with Crippen LogP contribution in [0, 0.1) is 5.82 Å². The molecule has 0 saturated heterocycles. The second-order valence-electron chi connectivity index (χ2n) is 11.4. The van der Waals surface area contributed by atoms with Crippen molar-refractivity contribution in [1.29, 1.82) is 0 Å². The van der Waals surface area contributed by atoms with Crippen molar-refractivity contribution in [2.45, 2.75) is 50.2 Å². The van der Waals surface area contributed by atoms with Gasteiger partial charge in [-0.2, -0.15) is 0 Å². The number of benzene rings is 4. The molecule has 0 radical (unpaired) electrons. The number of carbonyl (C=O) groups excluding carboxylic acids is 2. The van der Waals surface area contributed by atoms with Crippen LogP contribution in [0.4, 0.5) is 10.1 Å². The molecule has 0 fully saturated rings. The van der Waals surface area contributed by atoms with Gasteiger partial charge in [-0.25, -0.2) is 12.8 Å². The van der Waals surface area contributed by atoms with Crippen LogP contribution in [0.3, 0.4) is 0 Å². The molecule has 2 amide bonds. The molecule has 0 saturated carbocycles. The highest BCUT2D eigenvalue weighted by Gasteiger charge is 2.35. The lowest BCUT2D eigenvalue weighted by molar-refractivity contribution is -0.140. The summed E-state index contributed by atoms with van der Waals surface area (Å²) in [7, 11) is -0.125. The summed E-state index contributed by atoms with van der Waals surface area (Å²) in [6.07, 6.45) is 0.827. The first-order valence-electron chi connectivity index (χ1n) is 15.8. The van der Waals surface area contributed by atoms with E-state index >= 15 is 0 Å². The van der Waals surface area contributed by atoms with Gasteiger partial charge in [-0.3, -0.25) is 13.9 Å². The molecule has 4 rings (SSSR count). The number of amides is 2. The molecule has 0 aliphatic carbocycles. The Morgan fingerprint density at radius 1 is 0.816 bits per heavy atom. The van der Waals surface area contributed by atoms with Crippen molar-refractivity contribution >= 4 is 27.5 Å². The molecule has 0 bridgehead atoms. The van der Waals surface area contributed by atoms with Crippen LogP contribution in [0.2, 0.25) is 0 Å². The van der Waals surface area contributed by atoms with E-state index in [2.05, 4.69) is 5.32 Å². The van der Waals surface area contributed by atoms with Gasteiger partial charge in [-0.15, -0.1) is 0 Å². The first-order valence-corrected chi connectivity index (χ1v) is 17.2. The summed E-state index contributed by atoms with van der Waals surface area (Å²) in [5, 5.41) is 3.01. The Kier molecular flexibility index (Phi) is 12.6. The highest BCUT2D eigenvalue weighted by molar-refractivity contribution is 7.92. The van der Waals surface area contributed by atoms with Gasteiger partial charge in [0.25, 0.3) is 10.0 Å². The van der Waals surface area contributed by atoms with Crippen LogP contribution in [-0.4, -0.2) is 65.1 Å². The first kappa shape index (κ1) is 36.7. The molecular formula is C37H42FN3O7S. The molecule has 2 atom stereocenters. The smallest absolute Gasteiger partial charge is 0.264 e. The van der Waals surface area contributed by atoms with Crippen molar-refractivity contribution in [3.8, 4) is 17.2 Å². The molecule has 10 nitrogen and oxygen atoms in total. The van der Waals surface area contributed by atoms with Crippen molar-refractivity contribution in [3.63, 3.8) is 0 Å². The Bertz CT molecular complexity index is 1820. The predicted octanol–water partition coefficient (Wildman–Crippen LogP) is 5.60. The van der Waals surface area contributed by atoms with Gasteiger partial charge in [-0.1, -0.05) is 49.4 Å². The number of carbonyl (C=O) groups is 2. The van der Waals surface area contributed by atoms with Gasteiger partial charge >= 0.3 is 0 Å². The number of hydrogen-bond donors (Lipinski definition) is 1. The Balaban J connectivity index is 1.84. The molecule has 4 aromatic rings. The Hall–Kier alpha value is -5.10. The molecule has 4 aromatic carbocycles. The van der Waals surface area contributed by atoms with Crippen molar-refractivity contribution in [1.82, 2.24) is 10.2 Å². The molecule has 0 aliphatic heterocycles. The fourth-order valence-electron chi connectivity index (χ4n) is 5.20. The van der Waals surface area contributed by atoms with Gasteiger partial charge in [0.15, 0.2) is 11.5 Å². The summed E-state index contributed by atoms with van der Waals surface area (Å²) in [5.41, 5.74) is 1.52. The van der Waals surface area contributed by atoms with Gasteiger partial charge in [0.05, 0.1) is 31.9 Å². The molecule has 260 valence electrons. The van der Waals surface area contributed by atoms with Crippen LogP contribution in [0.25, 0.3) is 0 Å². The minimum absolute atomic E-state index is 0.0326. The largest absolute Gasteiger partial charge is 0.497 e. The summed E-state index contributed by atoms with van der Waals surface area (Å²) in [6.45, 7) is 3.08. The van der Waals surface area contributed by atoms with Crippen molar-refractivity contribution in [3.05, 3.63) is 114 Å². The van der Waals surface area contributed by atoms with E-state index < -0.39 is 34.3 Å². The number of ether oxygens (including phenoxy) is 3. The second kappa shape index (κ2) is 16.8. The molecular weight excluding hydrogens is 649 g/mol. The zero-order valence-corrected chi connectivity index (χ0v) is 29.1. The van der Waals surface area contributed by atoms with Crippen LogP contribution in [-0.2, 0) is 32.6 Å². The molecule has 12 heteroatoms. The lowest BCUT2D eigenvalue weighted by atomic mass is 10.0. The highest BCUT2D eigenvalue weighted by Crippen LogP contribution is 2.32. The van der Waals surface area contributed by atoms with Gasteiger partial charge in [0, 0.05) is 25.1 Å². The maximum Gasteiger partial charge on any atom is 0.264 e. The van der Waals surface area contributed by atoms with Crippen LogP contribution in [0.1, 0.15) is 31.4 Å². The Morgan fingerprint density at radius 2 is 1.49 bits per heavy atom. The van der Waals surface area contributed by atoms with Crippen LogP contribution in [0.15, 0.2) is 102 Å². The lowest BCUT2D eigenvalue weighted by Gasteiger charge is -2.34. The normalized spacial score (nSPS) is 12.4. The molecule has 0 aromatic heterocycles. The van der Waals surface area contributed by atoms with E-state index in [9.17, 15) is 22.4 Å². The lowest BCUT2D eigenvalue weighted by Crippen LogP contribution is -2.54. The molecule has 0 unspecified atom stereocenters. The minimum Gasteiger partial charge on any atom is -0.497 e. The van der Waals surface area contributed by atoms with Crippen molar-refractivity contribution in [2.75, 3.05) is 32.2 Å². The molecule has 0 heterocycles. The quantitative estimate of drug-likeness (QED) is 0.163. The van der Waals surface area contributed by atoms with E-state index in [-0.39, 0.29) is 41.2 Å². The molecule has 0 aliphatic rings. The van der Waals surface area contributed by atoms with E-state index in [1.165, 1.54) is 56.6 Å². The van der Waals surface area contributed by atoms with Crippen molar-refractivity contribution < 1.29 is 36.6 Å². The zero-order valence-electron chi connectivity index (χ0n) is 28.3. The van der Waals surface area contributed by atoms with E-state index in [4.69, 9.17) is 14.2 Å². The van der Waals surface area contributed by atoms with E-state index in [1.54, 1.807) is 24.3 Å². The number of sulfonamides is 1. The summed E-state index contributed by atoms with van der Waals surface area (Å²) >= 11 is 0. The number of methoxy groups -OCH3 is 3. The Morgan fingerprint density at radius 3 is 2.12 bits per heavy atom. The topological polar surface area (TPSA) is 114 Å². The third-order valence-corrected chi connectivity index (χ3v) is 9.87. The van der Waals surface area contributed by atoms with E-state index in [0.717, 1.165) is 22.0 Å². The molecule has 49 heavy (non-hydrogen) atoms. The SMILES string of the molecule is CC[C@@H](C)NC(=O)[C@@H](Cc1ccccc1)N(Cc1cccc(OC)c1)C(=O)CN(c1ccc(F)cc1)S(=O)(=O)c1ccc(OC)c(OC)c1. The standard InChI is InChI=1S/C37H42FN3O7S/c1-6-26(2)39-37(43)33(22-27-11-8-7-9-12-27)40(24-28-13-10-14-31(21-28)46-3)36(42)25-41(30-17-15-29(38)16-18-30)49(44,45)32-19-20-34(47-4)35(23-32)48-5/h7-21,23,26,33H,6,22,24-25H2,1-5H3,(H,39,43)/t26-,33-/m1/s1. The maximum absolute atomic E-state index is 14.6. The van der Waals surface area contributed by atoms with Gasteiger partial charge in [-0.05, 0) is 73.0 Å². The summed E-state index contributed by atoms with van der Waals surface area (Å²) < 4.78 is 59.7. The first-order chi connectivity index (χ1) is 23.5. The summed E-state index contributed by atoms with van der Waals surface area (Å²) in [4.78, 5) is 29.8. The van der Waals surface area contributed by atoms with E-state index in [0.29, 0.717) is 23.5 Å².